The van der Waals surface area contributed by atoms with E-state index in [0.29, 0.717) is 0 Å². The van der Waals surface area contributed by atoms with Crippen molar-refractivity contribution in [3.8, 4) is 0 Å². The van der Waals surface area contributed by atoms with Crippen LogP contribution in [0.4, 0.5) is 0 Å². The number of rotatable bonds is 6. The molecule has 0 aliphatic rings. The quantitative estimate of drug-likeness (QED) is 0.511. The van der Waals surface area contributed by atoms with E-state index in [4.69, 9.17) is 14.6 Å². The molecular formula is C9H18O4S. The van der Waals surface area contributed by atoms with E-state index in [1.807, 2.05) is 0 Å². The first kappa shape index (κ1) is 13.7. The first-order valence-electron chi connectivity index (χ1n) is 4.57. The van der Waals surface area contributed by atoms with Crippen molar-refractivity contribution >= 4 is 18.6 Å². The predicted octanol–water partition coefficient (Wildman–Crippen LogP) is 0.634. The van der Waals surface area contributed by atoms with Gasteiger partial charge in [0.15, 0.2) is 0 Å². The molecule has 0 saturated heterocycles. The van der Waals surface area contributed by atoms with E-state index in [2.05, 4.69) is 12.6 Å². The first-order valence-corrected chi connectivity index (χ1v) is 5.09. The van der Waals surface area contributed by atoms with Crippen LogP contribution < -0.4 is 0 Å². The standard InChI is InChI=1S/C9H18O4S/c1-6(10)4-12-7(2)5-13-9(11)8(3)14/h6-8,10,14H,4-5H2,1-3H3. The molecule has 0 bridgehead atoms. The number of aliphatic hydroxyl groups excluding tert-OH is 1. The van der Waals surface area contributed by atoms with Crippen LogP contribution in [-0.4, -0.2) is 41.7 Å². The second kappa shape index (κ2) is 7.09. The maximum atomic E-state index is 11.0. The zero-order valence-electron chi connectivity index (χ0n) is 8.77. The van der Waals surface area contributed by atoms with E-state index in [-0.39, 0.29) is 25.3 Å². The van der Waals surface area contributed by atoms with Crippen molar-refractivity contribution in [2.75, 3.05) is 13.2 Å². The van der Waals surface area contributed by atoms with Gasteiger partial charge in [0.2, 0.25) is 0 Å². The third-order valence-electron chi connectivity index (χ3n) is 1.42. The maximum Gasteiger partial charge on any atom is 0.318 e. The summed E-state index contributed by atoms with van der Waals surface area (Å²) in [7, 11) is 0. The summed E-state index contributed by atoms with van der Waals surface area (Å²) in [5.74, 6) is -0.360. The monoisotopic (exact) mass is 222 g/mol. The zero-order chi connectivity index (χ0) is 11.1. The van der Waals surface area contributed by atoms with Crippen LogP contribution in [-0.2, 0) is 14.3 Å². The Bertz CT molecular complexity index is 170. The Labute approximate surface area is 90.0 Å². The second-order valence-electron chi connectivity index (χ2n) is 3.30. The smallest absolute Gasteiger partial charge is 0.318 e. The third-order valence-corrected chi connectivity index (χ3v) is 1.63. The van der Waals surface area contributed by atoms with Gasteiger partial charge in [0.1, 0.15) is 6.61 Å². The summed E-state index contributed by atoms with van der Waals surface area (Å²) in [6, 6.07) is 0. The minimum absolute atomic E-state index is 0.191. The number of ether oxygens (including phenoxy) is 2. The summed E-state index contributed by atoms with van der Waals surface area (Å²) in [6.07, 6.45) is -0.711. The number of esters is 1. The summed E-state index contributed by atoms with van der Waals surface area (Å²) in [5.41, 5.74) is 0. The van der Waals surface area contributed by atoms with Crippen LogP contribution in [0.5, 0.6) is 0 Å². The molecule has 84 valence electrons. The van der Waals surface area contributed by atoms with Crippen LogP contribution >= 0.6 is 12.6 Å². The minimum Gasteiger partial charge on any atom is -0.462 e. The largest absolute Gasteiger partial charge is 0.462 e. The lowest BCUT2D eigenvalue weighted by molar-refractivity contribution is -0.147. The van der Waals surface area contributed by atoms with E-state index in [9.17, 15) is 4.79 Å². The van der Waals surface area contributed by atoms with Crippen LogP contribution in [0.25, 0.3) is 0 Å². The van der Waals surface area contributed by atoms with Crippen LogP contribution in [0.3, 0.4) is 0 Å². The third kappa shape index (κ3) is 7.17. The average molecular weight is 222 g/mol. The highest BCUT2D eigenvalue weighted by molar-refractivity contribution is 7.81. The normalized spacial score (nSPS) is 17.2. The fourth-order valence-electron chi connectivity index (χ4n) is 0.672. The van der Waals surface area contributed by atoms with Crippen LogP contribution in [0.2, 0.25) is 0 Å². The van der Waals surface area contributed by atoms with E-state index in [0.717, 1.165) is 0 Å². The van der Waals surface area contributed by atoms with Gasteiger partial charge in [-0.3, -0.25) is 4.79 Å². The number of carbonyl (C=O) groups is 1. The Hall–Kier alpha value is -0.260. The summed E-state index contributed by atoms with van der Waals surface area (Å²) in [5, 5.41) is 8.50. The van der Waals surface area contributed by atoms with Gasteiger partial charge < -0.3 is 14.6 Å². The Morgan fingerprint density at radius 1 is 1.36 bits per heavy atom. The van der Waals surface area contributed by atoms with Crippen molar-refractivity contribution in [1.82, 2.24) is 0 Å². The lowest BCUT2D eigenvalue weighted by Crippen LogP contribution is -2.25. The number of hydrogen-bond acceptors (Lipinski definition) is 5. The second-order valence-corrected chi connectivity index (χ2v) is 4.07. The highest BCUT2D eigenvalue weighted by atomic mass is 32.1. The van der Waals surface area contributed by atoms with Gasteiger partial charge in [0.05, 0.1) is 24.1 Å². The topological polar surface area (TPSA) is 55.8 Å². The molecule has 0 radical (unpaired) electrons. The molecule has 0 aliphatic heterocycles. The fraction of sp³-hybridized carbons (Fsp3) is 0.889. The van der Waals surface area contributed by atoms with Gasteiger partial charge in [-0.2, -0.15) is 12.6 Å². The lowest BCUT2D eigenvalue weighted by atomic mass is 10.4. The molecule has 0 aromatic rings. The van der Waals surface area contributed by atoms with Gasteiger partial charge in [-0.05, 0) is 20.8 Å². The summed E-state index contributed by atoms with van der Waals surface area (Å²) < 4.78 is 10.1. The van der Waals surface area contributed by atoms with Gasteiger partial charge in [-0.1, -0.05) is 0 Å². The molecule has 3 unspecified atom stereocenters. The van der Waals surface area contributed by atoms with Crippen molar-refractivity contribution in [1.29, 1.82) is 0 Å². The highest BCUT2D eigenvalue weighted by Gasteiger charge is 2.12. The number of thiol groups is 1. The van der Waals surface area contributed by atoms with E-state index in [1.54, 1.807) is 20.8 Å². The molecule has 5 heteroatoms. The van der Waals surface area contributed by atoms with Gasteiger partial charge in [0.25, 0.3) is 0 Å². The Kier molecular flexibility index (Phi) is 6.96. The Balaban J connectivity index is 3.53. The SMILES string of the molecule is CC(O)COC(C)COC(=O)C(C)S. The Morgan fingerprint density at radius 3 is 2.36 bits per heavy atom. The van der Waals surface area contributed by atoms with Gasteiger partial charge >= 0.3 is 5.97 Å². The molecule has 0 amide bonds. The van der Waals surface area contributed by atoms with Crippen molar-refractivity contribution in [3.63, 3.8) is 0 Å². The van der Waals surface area contributed by atoms with Crippen molar-refractivity contribution in [3.05, 3.63) is 0 Å². The summed E-state index contributed by atoms with van der Waals surface area (Å²) in [6.45, 7) is 5.49. The maximum absolute atomic E-state index is 11.0. The molecule has 4 nitrogen and oxygen atoms in total. The zero-order valence-corrected chi connectivity index (χ0v) is 9.66. The van der Waals surface area contributed by atoms with Crippen molar-refractivity contribution < 1.29 is 19.4 Å². The predicted molar refractivity (Wildman–Crippen MR) is 56.5 cm³/mol. The summed E-state index contributed by atoms with van der Waals surface area (Å²) in [4.78, 5) is 11.0. The molecule has 0 rings (SSSR count). The van der Waals surface area contributed by atoms with Gasteiger partial charge in [0, 0.05) is 0 Å². The fourth-order valence-corrected chi connectivity index (χ4v) is 0.746. The van der Waals surface area contributed by atoms with Crippen LogP contribution in [0.15, 0.2) is 0 Å². The van der Waals surface area contributed by atoms with E-state index < -0.39 is 11.4 Å². The molecule has 0 aromatic heterocycles. The molecule has 0 heterocycles. The molecule has 0 saturated carbocycles. The molecular weight excluding hydrogens is 204 g/mol. The molecule has 0 aromatic carbocycles. The first-order chi connectivity index (χ1) is 6.43. The minimum atomic E-state index is -0.503. The van der Waals surface area contributed by atoms with E-state index in [1.165, 1.54) is 0 Å². The lowest BCUT2D eigenvalue weighted by Gasteiger charge is -2.15. The number of carbonyl (C=O) groups excluding carboxylic acids is 1. The Morgan fingerprint density at radius 2 is 1.93 bits per heavy atom. The van der Waals surface area contributed by atoms with Crippen molar-refractivity contribution in [2.24, 2.45) is 0 Å². The van der Waals surface area contributed by atoms with Crippen LogP contribution in [0.1, 0.15) is 20.8 Å². The average Bonchev–Trinajstić information content (AvgIpc) is 2.10. The molecule has 0 fully saturated rings. The highest BCUT2D eigenvalue weighted by Crippen LogP contribution is 1.99. The molecule has 14 heavy (non-hydrogen) atoms. The molecule has 1 N–H and O–H groups in total. The molecule has 0 aliphatic carbocycles. The number of hydrogen-bond donors (Lipinski definition) is 2. The van der Waals surface area contributed by atoms with Gasteiger partial charge in [-0.25, -0.2) is 0 Å². The van der Waals surface area contributed by atoms with Crippen molar-refractivity contribution in [2.45, 2.75) is 38.2 Å². The molecule has 0 spiro atoms. The number of aliphatic hydroxyl groups is 1. The van der Waals surface area contributed by atoms with Gasteiger partial charge in [-0.15, -0.1) is 0 Å². The molecule has 3 atom stereocenters. The van der Waals surface area contributed by atoms with Crippen LogP contribution in [0, 0.1) is 0 Å². The van der Waals surface area contributed by atoms with E-state index >= 15 is 0 Å². The summed E-state index contributed by atoms with van der Waals surface area (Å²) >= 11 is 3.92.